The van der Waals surface area contributed by atoms with Crippen LogP contribution in [0.5, 0.6) is 0 Å². The maximum absolute atomic E-state index is 5.36. The van der Waals surface area contributed by atoms with E-state index in [0.717, 1.165) is 23.0 Å². The van der Waals surface area contributed by atoms with Gasteiger partial charge in [-0.3, -0.25) is 0 Å². The number of para-hydroxylation sites is 1. The molecule has 1 rings (SSSR count). The summed E-state index contributed by atoms with van der Waals surface area (Å²) in [5.74, 6) is 0. The Kier molecular flexibility index (Phi) is 6.01. The van der Waals surface area contributed by atoms with Gasteiger partial charge in [0.2, 0.25) is 0 Å². The van der Waals surface area contributed by atoms with Crippen LogP contribution in [-0.2, 0) is 17.3 Å². The summed E-state index contributed by atoms with van der Waals surface area (Å²) in [7, 11) is 4.76. The van der Waals surface area contributed by atoms with Crippen LogP contribution in [-0.4, -0.2) is 0 Å². The first-order chi connectivity index (χ1) is 4.39. The van der Waals surface area contributed by atoms with Gasteiger partial charge in [0.25, 0.3) is 0 Å². The van der Waals surface area contributed by atoms with Gasteiger partial charge < -0.3 is 5.73 Å². The minimum atomic E-state index is 0.822. The minimum absolute atomic E-state index is 0.822. The van der Waals surface area contributed by atoms with E-state index in [2.05, 4.69) is 0 Å². The van der Waals surface area contributed by atoms with Gasteiger partial charge in [0.15, 0.2) is 0 Å². The summed E-state index contributed by atoms with van der Waals surface area (Å²) in [5, 5.41) is 0. The summed E-state index contributed by atoms with van der Waals surface area (Å²) in [4.78, 5) is 0. The molecule has 3 heteroatoms. The molecule has 9 heavy (non-hydrogen) atoms. The average Bonchev–Trinajstić information content (AvgIpc) is 1.94. The first-order valence-corrected chi connectivity index (χ1v) is 6.37. The zero-order valence-corrected chi connectivity index (χ0v) is 8.77. The van der Waals surface area contributed by atoms with Gasteiger partial charge in [0, 0.05) is 5.69 Å². The second-order valence-electron chi connectivity index (χ2n) is 1.41. The summed E-state index contributed by atoms with van der Waals surface area (Å²) in [6.45, 7) is 0. The molecule has 0 saturated carbocycles. The normalized spacial score (nSPS) is 7.44. The number of rotatable bonds is 0. The number of nitrogens with two attached hydrogens (primary N) is 1. The molecule has 0 radical (unpaired) electrons. The molecule has 0 atom stereocenters. The fraction of sp³-hybridized carbons (Fsp3) is 0. The molecule has 1 aromatic rings. The van der Waals surface area contributed by atoms with Crippen molar-refractivity contribution in [1.82, 2.24) is 0 Å². The third kappa shape index (κ3) is 4.44. The predicted octanol–water partition coefficient (Wildman–Crippen LogP) is 1.96. The summed E-state index contributed by atoms with van der Waals surface area (Å²) in [5.41, 5.74) is 6.18. The summed E-state index contributed by atoms with van der Waals surface area (Å²) < 4.78 is 0. The molecular formula is C6H7ClNZn. The summed E-state index contributed by atoms with van der Waals surface area (Å²) >= 11 is 0.847. The van der Waals surface area contributed by atoms with Gasteiger partial charge >= 0.3 is 27.0 Å². The van der Waals surface area contributed by atoms with Gasteiger partial charge in [-0.25, -0.2) is 0 Å². The fourth-order valence-electron chi connectivity index (χ4n) is 0.453. The Bertz CT molecular complexity index is 143. The monoisotopic (exact) mass is 192 g/mol. The molecule has 0 unspecified atom stereocenters. The van der Waals surface area contributed by atoms with Gasteiger partial charge in [-0.2, -0.15) is 0 Å². The maximum atomic E-state index is 5.36. The van der Waals surface area contributed by atoms with Crippen LogP contribution >= 0.6 is 9.69 Å². The van der Waals surface area contributed by atoms with Crippen molar-refractivity contribution in [3.8, 4) is 0 Å². The van der Waals surface area contributed by atoms with Crippen molar-refractivity contribution < 1.29 is 17.3 Å². The molecule has 0 aliphatic rings. The Balaban J connectivity index is 0.000000291. The van der Waals surface area contributed by atoms with Crippen molar-refractivity contribution in [3.63, 3.8) is 0 Å². The van der Waals surface area contributed by atoms with Crippen molar-refractivity contribution in [1.29, 1.82) is 0 Å². The number of benzene rings is 1. The van der Waals surface area contributed by atoms with E-state index >= 15 is 0 Å². The van der Waals surface area contributed by atoms with E-state index in [-0.39, 0.29) is 0 Å². The molecule has 0 fully saturated rings. The van der Waals surface area contributed by atoms with Gasteiger partial charge in [0.1, 0.15) is 0 Å². The van der Waals surface area contributed by atoms with Crippen LogP contribution in [0.1, 0.15) is 0 Å². The number of anilines is 1. The molecule has 0 aliphatic heterocycles. The quantitative estimate of drug-likeness (QED) is 0.495. The SMILES string of the molecule is Nc1ccccc1.[Cl][Zn]. The third-order valence-corrected chi connectivity index (χ3v) is 0.800. The van der Waals surface area contributed by atoms with Crippen molar-refractivity contribution in [2.24, 2.45) is 0 Å². The van der Waals surface area contributed by atoms with Crippen LogP contribution in [0.3, 0.4) is 0 Å². The molecule has 0 spiro atoms. The molecule has 0 saturated heterocycles. The van der Waals surface area contributed by atoms with E-state index in [1.165, 1.54) is 0 Å². The molecule has 1 nitrogen and oxygen atoms in total. The first-order valence-electron chi connectivity index (χ1n) is 2.47. The molecule has 0 heterocycles. The van der Waals surface area contributed by atoms with Gasteiger partial charge in [-0.1, -0.05) is 18.2 Å². The number of nitrogen functional groups attached to an aromatic ring is 1. The van der Waals surface area contributed by atoms with Crippen LogP contribution in [0.25, 0.3) is 0 Å². The van der Waals surface area contributed by atoms with Crippen molar-refractivity contribution in [3.05, 3.63) is 30.3 Å². The number of hydrogen-bond acceptors (Lipinski definition) is 1. The first kappa shape index (κ1) is 8.93. The van der Waals surface area contributed by atoms with E-state index in [1.807, 2.05) is 30.3 Å². The van der Waals surface area contributed by atoms with Crippen LogP contribution in [0.15, 0.2) is 30.3 Å². The van der Waals surface area contributed by atoms with Crippen molar-refractivity contribution in [2.75, 3.05) is 5.73 Å². The van der Waals surface area contributed by atoms with E-state index in [0.29, 0.717) is 0 Å². The van der Waals surface area contributed by atoms with E-state index in [4.69, 9.17) is 15.4 Å². The van der Waals surface area contributed by atoms with Gasteiger partial charge in [-0.15, -0.1) is 0 Å². The Labute approximate surface area is 68.9 Å². The second kappa shape index (κ2) is 6.06. The Hall–Kier alpha value is -0.0666. The zero-order chi connectivity index (χ0) is 7.11. The van der Waals surface area contributed by atoms with E-state index < -0.39 is 0 Å². The molecule has 1 aromatic carbocycles. The van der Waals surface area contributed by atoms with Crippen molar-refractivity contribution in [2.45, 2.75) is 0 Å². The third-order valence-electron chi connectivity index (χ3n) is 0.800. The van der Waals surface area contributed by atoms with E-state index in [9.17, 15) is 0 Å². The Morgan fingerprint density at radius 3 is 1.78 bits per heavy atom. The van der Waals surface area contributed by atoms with E-state index in [1.54, 1.807) is 0 Å². The topological polar surface area (TPSA) is 26.0 Å². The summed E-state index contributed by atoms with van der Waals surface area (Å²) in [6.07, 6.45) is 0. The van der Waals surface area contributed by atoms with Gasteiger partial charge in [0.05, 0.1) is 0 Å². The van der Waals surface area contributed by atoms with Crippen LogP contribution in [0.4, 0.5) is 5.69 Å². The average molecular weight is 194 g/mol. The number of hydrogen-bond donors (Lipinski definition) is 1. The molecule has 0 aliphatic carbocycles. The standard InChI is InChI=1S/C6H7N.ClH.Zn/c7-6-4-2-1-3-5-6;;/h1-5H,7H2;1H;/q;;+1/p-1. The van der Waals surface area contributed by atoms with Gasteiger partial charge in [-0.05, 0) is 12.1 Å². The fourth-order valence-corrected chi connectivity index (χ4v) is 0.453. The molecule has 0 amide bonds. The summed E-state index contributed by atoms with van der Waals surface area (Å²) in [6, 6.07) is 9.49. The molecule has 2 N–H and O–H groups in total. The Morgan fingerprint density at radius 1 is 1.11 bits per heavy atom. The molecule has 0 bridgehead atoms. The predicted molar refractivity (Wildman–Crippen MR) is 36.7 cm³/mol. The van der Waals surface area contributed by atoms with Crippen molar-refractivity contribution >= 4 is 15.4 Å². The van der Waals surface area contributed by atoms with Crippen LogP contribution < -0.4 is 5.73 Å². The van der Waals surface area contributed by atoms with Crippen LogP contribution in [0, 0.1) is 0 Å². The second-order valence-corrected chi connectivity index (χ2v) is 1.41. The number of halogens is 1. The zero-order valence-electron chi connectivity index (χ0n) is 5.05. The molecular weight excluding hydrogens is 187 g/mol. The molecule has 45 valence electrons. The van der Waals surface area contributed by atoms with Crippen LogP contribution in [0.2, 0.25) is 0 Å². The Morgan fingerprint density at radius 2 is 1.56 bits per heavy atom. The molecule has 0 aromatic heterocycles.